The van der Waals surface area contributed by atoms with Crippen molar-refractivity contribution < 1.29 is 13.3 Å². The van der Waals surface area contributed by atoms with Gasteiger partial charge in [0.05, 0.1) is 18.4 Å². The first kappa shape index (κ1) is 15.5. The van der Waals surface area contributed by atoms with Crippen molar-refractivity contribution in [2.24, 2.45) is 0 Å². The van der Waals surface area contributed by atoms with Crippen LogP contribution < -0.4 is 0 Å². The second-order valence-electron chi connectivity index (χ2n) is 5.19. The number of hydroxylamine groups is 1. The van der Waals surface area contributed by atoms with E-state index in [0.29, 0.717) is 23.6 Å². The molecule has 1 saturated heterocycles. The molecule has 116 valence electrons. The maximum atomic E-state index is 12.6. The SMILES string of the molecule is O=S(=O)(Cc1ccc(Cl)cc1)N1OCC[C@H]1c1ccccc1. The second-order valence-corrected chi connectivity index (χ2v) is 7.44. The summed E-state index contributed by atoms with van der Waals surface area (Å²) in [5.41, 5.74) is 1.63. The monoisotopic (exact) mass is 337 g/mol. The molecule has 0 aliphatic carbocycles. The Bertz CT molecular complexity index is 732. The molecule has 2 aromatic carbocycles. The number of rotatable bonds is 4. The van der Waals surface area contributed by atoms with Gasteiger partial charge in [-0.1, -0.05) is 58.5 Å². The molecule has 22 heavy (non-hydrogen) atoms. The smallest absolute Gasteiger partial charge is 0.240 e. The summed E-state index contributed by atoms with van der Waals surface area (Å²) in [7, 11) is -3.56. The van der Waals surface area contributed by atoms with Crippen molar-refractivity contribution in [2.75, 3.05) is 6.61 Å². The average molecular weight is 338 g/mol. The highest BCUT2D eigenvalue weighted by atomic mass is 35.5. The van der Waals surface area contributed by atoms with Crippen LogP contribution in [0, 0.1) is 0 Å². The summed E-state index contributed by atoms with van der Waals surface area (Å²) in [5, 5.41) is 0.584. The number of nitrogens with zero attached hydrogens (tertiary/aromatic N) is 1. The molecule has 2 aromatic rings. The third-order valence-electron chi connectivity index (χ3n) is 3.59. The number of hydrogen-bond acceptors (Lipinski definition) is 3. The Morgan fingerprint density at radius 1 is 1.09 bits per heavy atom. The van der Waals surface area contributed by atoms with E-state index < -0.39 is 10.0 Å². The van der Waals surface area contributed by atoms with Gasteiger partial charge in [-0.15, -0.1) is 0 Å². The highest BCUT2D eigenvalue weighted by Gasteiger charge is 2.36. The maximum absolute atomic E-state index is 12.6. The van der Waals surface area contributed by atoms with Gasteiger partial charge in [0.2, 0.25) is 10.0 Å². The highest BCUT2D eigenvalue weighted by molar-refractivity contribution is 7.88. The van der Waals surface area contributed by atoms with Crippen LogP contribution in [0.2, 0.25) is 5.02 Å². The Balaban J connectivity index is 1.83. The summed E-state index contributed by atoms with van der Waals surface area (Å²) in [6.07, 6.45) is 0.657. The van der Waals surface area contributed by atoms with Gasteiger partial charge < -0.3 is 0 Å². The molecule has 0 unspecified atom stereocenters. The fourth-order valence-corrected chi connectivity index (χ4v) is 4.26. The Kier molecular flexibility index (Phi) is 4.49. The van der Waals surface area contributed by atoms with E-state index in [9.17, 15) is 8.42 Å². The molecule has 1 atom stereocenters. The molecule has 4 nitrogen and oxygen atoms in total. The van der Waals surface area contributed by atoms with Crippen LogP contribution in [0.1, 0.15) is 23.6 Å². The van der Waals surface area contributed by atoms with Gasteiger partial charge in [-0.2, -0.15) is 0 Å². The molecule has 1 aliphatic rings. The summed E-state index contributed by atoms with van der Waals surface area (Å²) in [6.45, 7) is 0.402. The Hall–Kier alpha value is -1.40. The van der Waals surface area contributed by atoms with Crippen molar-refractivity contribution in [3.8, 4) is 0 Å². The predicted octanol–water partition coefficient (Wildman–Crippen LogP) is 3.55. The zero-order chi connectivity index (χ0) is 15.6. The van der Waals surface area contributed by atoms with E-state index in [4.69, 9.17) is 16.4 Å². The van der Waals surface area contributed by atoms with Crippen molar-refractivity contribution in [1.29, 1.82) is 0 Å². The molecule has 1 aliphatic heterocycles. The zero-order valence-corrected chi connectivity index (χ0v) is 13.4. The lowest BCUT2D eigenvalue weighted by atomic mass is 10.1. The molecule has 0 amide bonds. The van der Waals surface area contributed by atoms with Gasteiger partial charge in [-0.25, -0.2) is 8.42 Å². The lowest BCUT2D eigenvalue weighted by molar-refractivity contribution is -0.0501. The number of sulfonamides is 1. The third-order valence-corrected chi connectivity index (χ3v) is 5.44. The van der Waals surface area contributed by atoms with Crippen LogP contribution in [0.4, 0.5) is 0 Å². The van der Waals surface area contributed by atoms with Gasteiger partial charge in [0.1, 0.15) is 0 Å². The molecular weight excluding hydrogens is 322 g/mol. The van der Waals surface area contributed by atoms with E-state index in [2.05, 4.69) is 0 Å². The van der Waals surface area contributed by atoms with Gasteiger partial charge in [-0.05, 0) is 29.7 Å². The topological polar surface area (TPSA) is 46.6 Å². The van der Waals surface area contributed by atoms with Crippen molar-refractivity contribution in [3.05, 3.63) is 70.7 Å². The lowest BCUT2D eigenvalue weighted by Crippen LogP contribution is -2.30. The Morgan fingerprint density at radius 3 is 2.45 bits per heavy atom. The van der Waals surface area contributed by atoms with Gasteiger partial charge in [0, 0.05) is 5.02 Å². The van der Waals surface area contributed by atoms with Gasteiger partial charge >= 0.3 is 0 Å². The summed E-state index contributed by atoms with van der Waals surface area (Å²) in [5.74, 6) is -0.104. The molecule has 0 spiro atoms. The molecule has 0 radical (unpaired) electrons. The molecular formula is C16H16ClNO3S. The van der Waals surface area contributed by atoms with Crippen LogP contribution in [0.15, 0.2) is 54.6 Å². The van der Waals surface area contributed by atoms with Gasteiger partial charge in [0.15, 0.2) is 0 Å². The number of hydrogen-bond donors (Lipinski definition) is 0. The van der Waals surface area contributed by atoms with Crippen LogP contribution in [-0.4, -0.2) is 19.5 Å². The fraction of sp³-hybridized carbons (Fsp3) is 0.250. The third kappa shape index (κ3) is 3.33. The highest BCUT2D eigenvalue weighted by Crippen LogP contribution is 2.33. The standard InChI is InChI=1S/C16H16ClNO3S/c17-15-8-6-13(7-9-15)12-22(19,20)18-16(10-11-21-18)14-4-2-1-3-5-14/h1-9,16H,10-12H2/t16-/m0/s1. The van der Waals surface area contributed by atoms with Crippen LogP contribution in [0.25, 0.3) is 0 Å². The normalized spacial score (nSPS) is 19.4. The number of halogens is 1. The molecule has 3 rings (SSSR count). The van der Waals surface area contributed by atoms with E-state index in [1.54, 1.807) is 24.3 Å². The summed E-state index contributed by atoms with van der Waals surface area (Å²) < 4.78 is 26.4. The second kappa shape index (κ2) is 6.38. The number of benzene rings is 2. The quantitative estimate of drug-likeness (QED) is 0.857. The summed E-state index contributed by atoms with van der Waals surface area (Å²) in [4.78, 5) is 5.40. The van der Waals surface area contributed by atoms with E-state index in [1.807, 2.05) is 30.3 Å². The molecule has 0 saturated carbocycles. The first-order valence-electron chi connectivity index (χ1n) is 7.01. The van der Waals surface area contributed by atoms with Crippen LogP contribution in [0.5, 0.6) is 0 Å². The maximum Gasteiger partial charge on any atom is 0.240 e. The molecule has 6 heteroatoms. The van der Waals surface area contributed by atoms with E-state index in [-0.39, 0.29) is 11.8 Å². The fourth-order valence-electron chi connectivity index (χ4n) is 2.54. The predicted molar refractivity (Wildman–Crippen MR) is 85.7 cm³/mol. The van der Waals surface area contributed by atoms with E-state index in [1.165, 1.54) is 0 Å². The van der Waals surface area contributed by atoms with Gasteiger partial charge in [-0.3, -0.25) is 4.84 Å². The van der Waals surface area contributed by atoms with E-state index >= 15 is 0 Å². The van der Waals surface area contributed by atoms with Crippen molar-refractivity contribution in [3.63, 3.8) is 0 Å². The molecule has 0 aromatic heterocycles. The summed E-state index contributed by atoms with van der Waals surface area (Å²) in [6, 6.07) is 16.1. The van der Waals surface area contributed by atoms with Gasteiger partial charge in [0.25, 0.3) is 0 Å². The van der Waals surface area contributed by atoms with Crippen LogP contribution >= 0.6 is 11.6 Å². The first-order chi connectivity index (χ1) is 10.6. The van der Waals surface area contributed by atoms with Crippen LogP contribution in [-0.2, 0) is 20.6 Å². The molecule has 0 N–H and O–H groups in total. The van der Waals surface area contributed by atoms with E-state index in [0.717, 1.165) is 10.0 Å². The van der Waals surface area contributed by atoms with Crippen LogP contribution in [0.3, 0.4) is 0 Å². The van der Waals surface area contributed by atoms with Crippen molar-refractivity contribution in [1.82, 2.24) is 4.47 Å². The minimum absolute atomic E-state index is 0.104. The Labute approximate surface area is 135 Å². The lowest BCUT2D eigenvalue weighted by Gasteiger charge is -2.22. The zero-order valence-electron chi connectivity index (χ0n) is 11.9. The average Bonchev–Trinajstić information content (AvgIpc) is 3.01. The van der Waals surface area contributed by atoms with Crippen molar-refractivity contribution in [2.45, 2.75) is 18.2 Å². The minimum atomic E-state index is -3.56. The largest absolute Gasteiger partial charge is 0.284 e. The molecule has 1 fully saturated rings. The molecule has 1 heterocycles. The minimum Gasteiger partial charge on any atom is -0.284 e. The Morgan fingerprint density at radius 2 is 1.77 bits per heavy atom. The first-order valence-corrected chi connectivity index (χ1v) is 8.99. The van der Waals surface area contributed by atoms with Crippen molar-refractivity contribution >= 4 is 21.6 Å². The summed E-state index contributed by atoms with van der Waals surface area (Å²) >= 11 is 5.83. The molecule has 0 bridgehead atoms.